The smallest absolute Gasteiger partial charge is 0.236 e. The largest absolute Gasteiger partial charge is 0.377 e. The van der Waals surface area contributed by atoms with E-state index >= 15 is 0 Å². The summed E-state index contributed by atoms with van der Waals surface area (Å²) in [7, 11) is 1.72. The molecule has 0 aromatic carbocycles. The van der Waals surface area contributed by atoms with Gasteiger partial charge < -0.3 is 9.64 Å². The Kier molecular flexibility index (Phi) is 4.80. The number of likely N-dealkylation sites (tertiary alicyclic amines) is 1. The van der Waals surface area contributed by atoms with Crippen LogP contribution in [0.2, 0.25) is 0 Å². The highest BCUT2D eigenvalue weighted by molar-refractivity contribution is 9.10. The topological polar surface area (TPSA) is 29.5 Å². The highest BCUT2D eigenvalue weighted by Gasteiger charge is 2.35. The fourth-order valence-corrected chi connectivity index (χ4v) is 2.31. The third kappa shape index (κ3) is 3.20. The zero-order chi connectivity index (χ0) is 12.3. The summed E-state index contributed by atoms with van der Waals surface area (Å²) in [6.07, 6.45) is 2.05. The maximum Gasteiger partial charge on any atom is 0.236 e. The maximum atomic E-state index is 12.2. The molecule has 0 aromatic rings. The van der Waals surface area contributed by atoms with Crippen molar-refractivity contribution < 1.29 is 9.53 Å². The van der Waals surface area contributed by atoms with Crippen molar-refractivity contribution in [1.29, 1.82) is 0 Å². The van der Waals surface area contributed by atoms with Gasteiger partial charge in [-0.25, -0.2) is 0 Å². The summed E-state index contributed by atoms with van der Waals surface area (Å²) < 4.78 is 5.49. The molecule has 1 amide bonds. The molecular formula is C12H22BrNO2. The lowest BCUT2D eigenvalue weighted by molar-refractivity contribution is -0.139. The van der Waals surface area contributed by atoms with Crippen LogP contribution in [-0.2, 0) is 9.53 Å². The number of hydrogen-bond acceptors (Lipinski definition) is 2. The van der Waals surface area contributed by atoms with E-state index in [4.69, 9.17) is 4.74 Å². The van der Waals surface area contributed by atoms with Gasteiger partial charge in [0.15, 0.2) is 0 Å². The van der Waals surface area contributed by atoms with E-state index in [1.54, 1.807) is 7.11 Å². The van der Waals surface area contributed by atoms with Gasteiger partial charge in [-0.3, -0.25) is 4.79 Å². The van der Waals surface area contributed by atoms with E-state index in [1.165, 1.54) is 0 Å². The fraction of sp³-hybridized carbons (Fsp3) is 0.917. The number of methoxy groups -OCH3 is 1. The Hall–Kier alpha value is -0.0900. The van der Waals surface area contributed by atoms with Crippen LogP contribution in [0.5, 0.6) is 0 Å². The van der Waals surface area contributed by atoms with Crippen molar-refractivity contribution in [1.82, 2.24) is 4.90 Å². The standard InChI is InChI=1S/C12H22BrNO2/c1-9(2)10(13)11(15)14-7-5-6-12(3,8-14)16-4/h9-10H,5-8H2,1-4H3. The number of carbonyl (C=O) groups is 1. The molecule has 0 aromatic heterocycles. The summed E-state index contributed by atoms with van der Waals surface area (Å²) in [4.78, 5) is 14.0. The molecule has 0 bridgehead atoms. The van der Waals surface area contributed by atoms with Crippen molar-refractivity contribution in [3.8, 4) is 0 Å². The summed E-state index contributed by atoms with van der Waals surface area (Å²) >= 11 is 3.47. The lowest BCUT2D eigenvalue weighted by Gasteiger charge is -2.40. The van der Waals surface area contributed by atoms with E-state index in [9.17, 15) is 4.79 Å². The van der Waals surface area contributed by atoms with E-state index in [0.29, 0.717) is 12.5 Å². The first-order valence-corrected chi connectivity index (χ1v) is 6.79. The summed E-state index contributed by atoms with van der Waals surface area (Å²) in [5.41, 5.74) is -0.169. The van der Waals surface area contributed by atoms with E-state index in [1.807, 2.05) is 4.90 Å². The predicted octanol–water partition coefficient (Wildman–Crippen LogP) is 2.43. The number of rotatable bonds is 3. The molecule has 1 rings (SSSR count). The van der Waals surface area contributed by atoms with Gasteiger partial charge in [-0.2, -0.15) is 0 Å². The number of ether oxygens (including phenoxy) is 1. The molecule has 0 N–H and O–H groups in total. The van der Waals surface area contributed by atoms with E-state index in [-0.39, 0.29) is 16.3 Å². The Bertz CT molecular complexity index is 257. The first-order chi connectivity index (χ1) is 7.39. The molecule has 4 heteroatoms. The van der Waals surface area contributed by atoms with Gasteiger partial charge in [0.25, 0.3) is 0 Å². The predicted molar refractivity (Wildman–Crippen MR) is 68.8 cm³/mol. The quantitative estimate of drug-likeness (QED) is 0.748. The molecule has 0 spiro atoms. The van der Waals surface area contributed by atoms with Gasteiger partial charge in [-0.15, -0.1) is 0 Å². The van der Waals surface area contributed by atoms with Crippen LogP contribution in [0.1, 0.15) is 33.6 Å². The molecule has 94 valence electrons. The van der Waals surface area contributed by atoms with Crippen molar-refractivity contribution in [3.05, 3.63) is 0 Å². The number of nitrogens with zero attached hydrogens (tertiary/aromatic N) is 1. The van der Waals surface area contributed by atoms with Gasteiger partial charge in [-0.1, -0.05) is 29.8 Å². The van der Waals surface area contributed by atoms with Crippen LogP contribution < -0.4 is 0 Å². The van der Waals surface area contributed by atoms with Crippen molar-refractivity contribution in [2.24, 2.45) is 5.92 Å². The van der Waals surface area contributed by atoms with Gasteiger partial charge in [-0.05, 0) is 25.7 Å². The number of carbonyl (C=O) groups excluding carboxylic acids is 1. The Morgan fingerprint density at radius 1 is 1.50 bits per heavy atom. The first kappa shape index (κ1) is 14.0. The molecule has 0 saturated carbocycles. The third-order valence-corrected chi connectivity index (χ3v) is 4.73. The van der Waals surface area contributed by atoms with E-state index < -0.39 is 0 Å². The zero-order valence-electron chi connectivity index (χ0n) is 10.6. The average Bonchev–Trinajstić information content (AvgIpc) is 2.27. The Labute approximate surface area is 107 Å². The van der Waals surface area contributed by atoms with Gasteiger partial charge in [0.05, 0.1) is 10.4 Å². The third-order valence-electron chi connectivity index (χ3n) is 3.28. The van der Waals surface area contributed by atoms with Crippen LogP contribution in [0.4, 0.5) is 0 Å². The van der Waals surface area contributed by atoms with Crippen LogP contribution in [-0.4, -0.2) is 41.4 Å². The van der Waals surface area contributed by atoms with Crippen LogP contribution in [0.15, 0.2) is 0 Å². The highest BCUT2D eigenvalue weighted by Crippen LogP contribution is 2.26. The summed E-state index contributed by atoms with van der Waals surface area (Å²) in [6.45, 7) is 7.74. The van der Waals surface area contributed by atoms with E-state index in [2.05, 4.69) is 36.7 Å². The Balaban J connectivity index is 2.64. The number of halogens is 1. The van der Waals surface area contributed by atoms with Crippen LogP contribution >= 0.6 is 15.9 Å². The molecule has 1 heterocycles. The number of piperidine rings is 1. The molecule has 16 heavy (non-hydrogen) atoms. The van der Waals surface area contributed by atoms with Crippen molar-refractivity contribution in [2.45, 2.75) is 44.0 Å². The second kappa shape index (κ2) is 5.50. The molecule has 1 saturated heterocycles. The average molecular weight is 292 g/mol. The number of amides is 1. The lowest BCUT2D eigenvalue weighted by Crippen LogP contribution is -2.52. The van der Waals surface area contributed by atoms with Crippen molar-refractivity contribution in [3.63, 3.8) is 0 Å². The van der Waals surface area contributed by atoms with Crippen LogP contribution in [0.3, 0.4) is 0 Å². The van der Waals surface area contributed by atoms with Crippen LogP contribution in [0.25, 0.3) is 0 Å². The minimum absolute atomic E-state index is 0.0771. The Morgan fingerprint density at radius 3 is 2.62 bits per heavy atom. The minimum atomic E-state index is -0.169. The second-order valence-electron chi connectivity index (χ2n) is 5.16. The molecule has 1 aliphatic heterocycles. The molecule has 0 aliphatic carbocycles. The molecule has 1 fully saturated rings. The lowest BCUT2D eigenvalue weighted by atomic mass is 9.94. The second-order valence-corrected chi connectivity index (χ2v) is 6.15. The van der Waals surface area contributed by atoms with Crippen LogP contribution in [0, 0.1) is 5.92 Å². The van der Waals surface area contributed by atoms with Gasteiger partial charge >= 0.3 is 0 Å². The molecule has 2 unspecified atom stereocenters. The Morgan fingerprint density at radius 2 is 2.12 bits per heavy atom. The molecule has 0 radical (unpaired) electrons. The van der Waals surface area contributed by atoms with Crippen molar-refractivity contribution >= 4 is 21.8 Å². The molecule has 3 nitrogen and oxygen atoms in total. The molecule has 2 atom stereocenters. The zero-order valence-corrected chi connectivity index (χ0v) is 12.2. The first-order valence-electron chi connectivity index (χ1n) is 5.87. The normalized spacial score (nSPS) is 28.2. The summed E-state index contributed by atoms with van der Waals surface area (Å²) in [5, 5.41) is 0. The summed E-state index contributed by atoms with van der Waals surface area (Å²) in [6, 6.07) is 0. The number of alkyl halides is 1. The summed E-state index contributed by atoms with van der Waals surface area (Å²) in [5.74, 6) is 0.515. The van der Waals surface area contributed by atoms with E-state index in [0.717, 1.165) is 19.4 Å². The van der Waals surface area contributed by atoms with Gasteiger partial charge in [0.2, 0.25) is 5.91 Å². The monoisotopic (exact) mass is 291 g/mol. The molecular weight excluding hydrogens is 270 g/mol. The fourth-order valence-electron chi connectivity index (χ4n) is 2.02. The van der Waals surface area contributed by atoms with Crippen molar-refractivity contribution in [2.75, 3.05) is 20.2 Å². The minimum Gasteiger partial charge on any atom is -0.377 e. The van der Waals surface area contributed by atoms with Gasteiger partial charge in [0, 0.05) is 20.2 Å². The SMILES string of the molecule is COC1(C)CCCN(C(=O)C(Br)C(C)C)C1. The molecule has 1 aliphatic rings. The maximum absolute atomic E-state index is 12.2. The number of hydrogen-bond donors (Lipinski definition) is 0. The van der Waals surface area contributed by atoms with Gasteiger partial charge in [0.1, 0.15) is 0 Å². The highest BCUT2D eigenvalue weighted by atomic mass is 79.9.